The zero-order chi connectivity index (χ0) is 39.3. The molecule has 4 heterocycles. The second-order valence-corrected chi connectivity index (χ2v) is 14.9. The van der Waals surface area contributed by atoms with Crippen molar-refractivity contribution < 1.29 is 23.8 Å². The molecule has 0 spiro atoms. The molecule has 6 rings (SSSR count). The minimum Gasteiger partial charge on any atom is -0.392 e. The summed E-state index contributed by atoms with van der Waals surface area (Å²) in [6.45, 7) is 15.5. The van der Waals surface area contributed by atoms with Crippen molar-refractivity contribution >= 4 is 46.2 Å². The van der Waals surface area contributed by atoms with E-state index in [0.29, 0.717) is 34.5 Å². The van der Waals surface area contributed by atoms with Crippen LogP contribution < -0.4 is 26.2 Å². The first kappa shape index (κ1) is 39.3. The summed E-state index contributed by atoms with van der Waals surface area (Å²) < 4.78 is 20.7. The van der Waals surface area contributed by atoms with Gasteiger partial charge in [0.25, 0.3) is 5.91 Å². The lowest BCUT2D eigenvalue weighted by Crippen LogP contribution is -2.56. The van der Waals surface area contributed by atoms with E-state index in [1.807, 2.05) is 39.0 Å². The second kappa shape index (κ2) is 16.9. The SMILES string of the molecule is C=CC(=O)Nc1cc(Nc2nc(-c3ccnc(NC(=O)c4ccc(C(C)(C)C)cc4F)c3CO)ncc2NC)ccc1N1CCN(C2CCOCC2)C[C@@H]1C. The number of ether oxygens (including phenoxy) is 1. The normalized spacial score (nSPS) is 16.7. The lowest BCUT2D eigenvalue weighted by Gasteiger charge is -2.45. The van der Waals surface area contributed by atoms with Crippen LogP contribution in [0.4, 0.5) is 38.8 Å². The van der Waals surface area contributed by atoms with E-state index in [-0.39, 0.29) is 40.1 Å². The van der Waals surface area contributed by atoms with Crippen molar-refractivity contribution in [1.29, 1.82) is 0 Å². The first-order valence-corrected chi connectivity index (χ1v) is 18.6. The van der Waals surface area contributed by atoms with Crippen molar-refractivity contribution in [2.75, 3.05) is 66.1 Å². The maximum Gasteiger partial charge on any atom is 0.259 e. The van der Waals surface area contributed by atoms with Crippen LogP contribution in [0.2, 0.25) is 0 Å². The van der Waals surface area contributed by atoms with Gasteiger partial charge in [0.2, 0.25) is 5.91 Å². The minimum absolute atomic E-state index is 0.0566. The number of halogens is 1. The number of aliphatic hydroxyl groups is 1. The highest BCUT2D eigenvalue weighted by Gasteiger charge is 2.31. The highest BCUT2D eigenvalue weighted by Crippen LogP contribution is 2.36. The van der Waals surface area contributed by atoms with E-state index >= 15 is 4.39 Å². The van der Waals surface area contributed by atoms with Crippen LogP contribution >= 0.6 is 0 Å². The summed E-state index contributed by atoms with van der Waals surface area (Å²) in [6.07, 6.45) is 6.40. The summed E-state index contributed by atoms with van der Waals surface area (Å²) in [5.74, 6) is -0.958. The second-order valence-electron chi connectivity index (χ2n) is 14.9. The van der Waals surface area contributed by atoms with Crippen LogP contribution in [0.3, 0.4) is 0 Å². The molecule has 290 valence electrons. The van der Waals surface area contributed by atoms with Crippen molar-refractivity contribution in [2.45, 2.75) is 64.6 Å². The molecule has 5 N–H and O–H groups in total. The highest BCUT2D eigenvalue weighted by atomic mass is 19.1. The molecule has 2 aromatic heterocycles. The largest absolute Gasteiger partial charge is 0.392 e. The molecular formula is C41H50FN9O4. The van der Waals surface area contributed by atoms with Crippen molar-refractivity contribution in [2.24, 2.45) is 0 Å². The van der Waals surface area contributed by atoms with E-state index < -0.39 is 18.3 Å². The molecule has 2 aliphatic rings. The fourth-order valence-electron chi connectivity index (χ4n) is 7.11. The Morgan fingerprint density at radius 2 is 1.82 bits per heavy atom. The Kier molecular flexibility index (Phi) is 12.1. The van der Waals surface area contributed by atoms with Gasteiger partial charge in [-0.1, -0.05) is 33.4 Å². The number of carbonyl (C=O) groups is 2. The van der Waals surface area contributed by atoms with Gasteiger partial charge in [-0.2, -0.15) is 0 Å². The number of hydrogen-bond acceptors (Lipinski definition) is 11. The fourth-order valence-corrected chi connectivity index (χ4v) is 7.11. The van der Waals surface area contributed by atoms with Gasteiger partial charge in [0.15, 0.2) is 11.6 Å². The van der Waals surface area contributed by atoms with E-state index in [1.165, 1.54) is 24.4 Å². The maximum atomic E-state index is 15.1. The number of carbonyl (C=O) groups excluding carboxylic acids is 2. The molecule has 0 aliphatic carbocycles. The summed E-state index contributed by atoms with van der Waals surface area (Å²) in [4.78, 5) is 44.4. The molecule has 14 heteroatoms. The predicted octanol–water partition coefficient (Wildman–Crippen LogP) is 6.32. The third-order valence-corrected chi connectivity index (χ3v) is 10.2. The number of hydrogen-bond donors (Lipinski definition) is 5. The molecule has 55 heavy (non-hydrogen) atoms. The Labute approximate surface area is 321 Å². The van der Waals surface area contributed by atoms with Crippen LogP contribution in [-0.4, -0.2) is 88.8 Å². The zero-order valence-corrected chi connectivity index (χ0v) is 32.1. The Bertz CT molecular complexity index is 2050. The molecule has 2 saturated heterocycles. The molecule has 4 aromatic rings. The van der Waals surface area contributed by atoms with Gasteiger partial charge in [0.1, 0.15) is 11.6 Å². The molecule has 13 nitrogen and oxygen atoms in total. The topological polar surface area (TPSA) is 157 Å². The number of rotatable bonds is 11. The molecule has 2 fully saturated rings. The Hall–Kier alpha value is -5.44. The van der Waals surface area contributed by atoms with Gasteiger partial charge >= 0.3 is 0 Å². The third kappa shape index (κ3) is 8.93. The molecule has 2 aromatic carbocycles. The molecule has 0 unspecified atom stereocenters. The molecule has 0 bridgehead atoms. The van der Waals surface area contributed by atoms with Crippen molar-refractivity contribution in [1.82, 2.24) is 19.9 Å². The summed E-state index contributed by atoms with van der Waals surface area (Å²) in [7, 11) is 1.75. The fraction of sp³-hybridized carbons (Fsp3) is 0.390. The number of pyridine rings is 1. The molecule has 0 saturated carbocycles. The average molecular weight is 752 g/mol. The predicted molar refractivity (Wildman–Crippen MR) is 215 cm³/mol. The van der Waals surface area contributed by atoms with Crippen molar-refractivity contribution in [3.8, 4) is 11.4 Å². The quantitative estimate of drug-likeness (QED) is 0.109. The van der Waals surface area contributed by atoms with Crippen LogP contribution in [-0.2, 0) is 21.6 Å². The number of piperazine rings is 1. The van der Waals surface area contributed by atoms with Gasteiger partial charge in [0.05, 0.1) is 35.4 Å². The molecular weight excluding hydrogens is 702 g/mol. The summed E-state index contributed by atoms with van der Waals surface area (Å²) in [6, 6.07) is 12.7. The number of aromatic nitrogens is 3. The number of benzene rings is 2. The minimum atomic E-state index is -0.704. The number of nitrogens with zero attached hydrogens (tertiary/aromatic N) is 5. The number of nitrogens with one attached hydrogen (secondary N) is 4. The summed E-state index contributed by atoms with van der Waals surface area (Å²) >= 11 is 0. The van der Waals surface area contributed by atoms with E-state index in [4.69, 9.17) is 9.72 Å². The number of anilines is 6. The van der Waals surface area contributed by atoms with Crippen LogP contribution in [0.5, 0.6) is 0 Å². The Balaban J connectivity index is 1.26. The van der Waals surface area contributed by atoms with Crippen molar-refractivity contribution in [3.63, 3.8) is 0 Å². The van der Waals surface area contributed by atoms with Gasteiger partial charge in [-0.05, 0) is 73.2 Å². The first-order valence-electron chi connectivity index (χ1n) is 18.6. The molecule has 0 radical (unpaired) electrons. The maximum absolute atomic E-state index is 15.1. The third-order valence-electron chi connectivity index (χ3n) is 10.2. The average Bonchev–Trinajstić information content (AvgIpc) is 3.18. The Morgan fingerprint density at radius 1 is 1.04 bits per heavy atom. The number of aliphatic hydroxyl groups excluding tert-OH is 1. The molecule has 2 amide bonds. The first-order chi connectivity index (χ1) is 26.4. The van der Waals surface area contributed by atoms with Crippen LogP contribution in [0.15, 0.2) is 67.5 Å². The lowest BCUT2D eigenvalue weighted by atomic mass is 9.86. The van der Waals surface area contributed by atoms with E-state index in [2.05, 4.69) is 54.5 Å². The van der Waals surface area contributed by atoms with Crippen LogP contribution in [0, 0.1) is 5.82 Å². The van der Waals surface area contributed by atoms with Crippen molar-refractivity contribution in [3.05, 3.63) is 90.0 Å². The number of amides is 2. The Morgan fingerprint density at radius 3 is 2.49 bits per heavy atom. The summed E-state index contributed by atoms with van der Waals surface area (Å²) in [5.41, 5.74) is 3.77. The van der Waals surface area contributed by atoms with Crippen LogP contribution in [0.1, 0.15) is 62.0 Å². The van der Waals surface area contributed by atoms with Gasteiger partial charge in [-0.3, -0.25) is 14.5 Å². The lowest BCUT2D eigenvalue weighted by molar-refractivity contribution is -0.111. The molecule has 1 atom stereocenters. The van der Waals surface area contributed by atoms with E-state index in [0.717, 1.165) is 56.9 Å². The smallest absolute Gasteiger partial charge is 0.259 e. The summed E-state index contributed by atoms with van der Waals surface area (Å²) in [5, 5.41) is 22.6. The van der Waals surface area contributed by atoms with Crippen LogP contribution in [0.25, 0.3) is 11.4 Å². The van der Waals surface area contributed by atoms with Gasteiger partial charge in [-0.25, -0.2) is 19.3 Å². The van der Waals surface area contributed by atoms with Gasteiger partial charge in [0, 0.05) is 75.0 Å². The van der Waals surface area contributed by atoms with E-state index in [1.54, 1.807) is 25.4 Å². The standard InChI is InChI=1S/C41H50FN9O4/c1-7-36(53)47-33-21-27(9-11-35(33)51-17-16-50(23-25(51)2)28-13-18-55-19-14-28)46-39-34(43-6)22-45-37(48-39)29-12-15-44-38(31(29)24-52)49-40(54)30-10-8-26(20-32(30)42)41(3,4)5/h7-12,15,20-22,25,28,43,52H,1,13-14,16-19,23-24H2,2-6H3,(H,47,53)(H,44,49,54)(H,45,46,48)/t25-/m0/s1. The monoisotopic (exact) mass is 751 g/mol. The van der Waals surface area contributed by atoms with Gasteiger partial charge in [-0.15, -0.1) is 0 Å². The zero-order valence-electron chi connectivity index (χ0n) is 32.1. The molecule has 2 aliphatic heterocycles. The highest BCUT2D eigenvalue weighted by molar-refractivity contribution is 6.05. The van der Waals surface area contributed by atoms with E-state index in [9.17, 15) is 14.7 Å². The van der Waals surface area contributed by atoms with Gasteiger partial charge < -0.3 is 36.0 Å².